The third kappa shape index (κ3) is 5.80. The number of aromatic nitrogens is 3. The van der Waals surface area contributed by atoms with Crippen LogP contribution in [0.3, 0.4) is 0 Å². The van der Waals surface area contributed by atoms with Crippen LogP contribution in [0.5, 0.6) is 0 Å². The van der Waals surface area contributed by atoms with Gasteiger partial charge in [0, 0.05) is 53.8 Å². The van der Waals surface area contributed by atoms with Crippen molar-refractivity contribution in [1.29, 1.82) is 0 Å². The summed E-state index contributed by atoms with van der Waals surface area (Å²) in [6.45, 7) is 9.08. The van der Waals surface area contributed by atoms with Crippen LogP contribution in [0.15, 0.2) is 24.0 Å². The first-order valence-electron chi connectivity index (χ1n) is 10.9. The molecule has 1 unspecified atom stereocenters. The molecule has 0 aliphatic carbocycles. The van der Waals surface area contributed by atoms with E-state index in [1.165, 1.54) is 11.1 Å². The molecule has 3 heterocycles. The fourth-order valence-electron chi connectivity index (χ4n) is 4.11. The highest BCUT2D eigenvalue weighted by molar-refractivity contribution is 7.09. The Hall–Kier alpha value is -3.05. The van der Waals surface area contributed by atoms with Crippen LogP contribution in [0.25, 0.3) is 15.9 Å². The highest BCUT2D eigenvalue weighted by Crippen LogP contribution is 2.31. The molecule has 3 aromatic heterocycles. The molecule has 7 nitrogen and oxygen atoms in total. The number of nitrogens with zero attached hydrogens (tertiary/aromatic N) is 4. The number of carboxylic acid groups (broad SMARTS) is 1. The molecule has 1 N–H and O–H groups in total. The van der Waals surface area contributed by atoms with E-state index in [1.54, 1.807) is 24.3 Å². The Morgan fingerprint density at radius 3 is 2.59 bits per heavy atom. The van der Waals surface area contributed by atoms with E-state index in [1.807, 2.05) is 23.3 Å². The molecular formula is C24H28N4O3S. The van der Waals surface area contributed by atoms with Gasteiger partial charge in [0.2, 0.25) is 5.69 Å². The monoisotopic (exact) mass is 452 g/mol. The van der Waals surface area contributed by atoms with Gasteiger partial charge < -0.3 is 9.67 Å². The number of Topliss-reactive ketones (excluding diaryl/α,β-unsaturated/α-hetero) is 1. The van der Waals surface area contributed by atoms with Crippen LogP contribution in [-0.4, -0.2) is 31.4 Å². The number of aliphatic carboxylic acids is 1. The van der Waals surface area contributed by atoms with Gasteiger partial charge in [0.25, 0.3) is 0 Å². The molecule has 168 valence electrons. The first-order chi connectivity index (χ1) is 15.4. The number of carbonyl (C=O) groups excluding carboxylic acids is 1. The van der Waals surface area contributed by atoms with Gasteiger partial charge >= 0.3 is 5.97 Å². The van der Waals surface area contributed by atoms with Gasteiger partial charge in [-0.3, -0.25) is 14.6 Å². The van der Waals surface area contributed by atoms with Crippen molar-refractivity contribution < 1.29 is 14.7 Å². The van der Waals surface area contributed by atoms with Crippen molar-refractivity contribution in [2.24, 2.45) is 13.0 Å². The lowest BCUT2D eigenvalue weighted by atomic mass is 9.94. The molecule has 32 heavy (non-hydrogen) atoms. The fourth-order valence-corrected chi connectivity index (χ4v) is 4.75. The molecule has 0 radical (unpaired) electrons. The van der Waals surface area contributed by atoms with Crippen LogP contribution < -0.4 is 0 Å². The van der Waals surface area contributed by atoms with Crippen molar-refractivity contribution in [1.82, 2.24) is 14.5 Å². The third-order valence-corrected chi connectivity index (χ3v) is 6.51. The SMILES string of the molecule is [C-]#[N+]c1cnc2c(c1)c(C(=O)CC(C)CC(=O)O)c(CCCCCCc1cncs1)n2C. The quantitative estimate of drug-likeness (QED) is 0.219. The number of aryl methyl sites for hydroxylation is 2. The third-order valence-electron chi connectivity index (χ3n) is 5.67. The Bertz CT molecular complexity index is 1130. The summed E-state index contributed by atoms with van der Waals surface area (Å²) < 4.78 is 1.95. The molecule has 3 rings (SSSR count). The number of unbranched alkanes of at least 4 members (excludes halogenated alkanes) is 3. The maximum atomic E-state index is 13.2. The summed E-state index contributed by atoms with van der Waals surface area (Å²) in [4.78, 5) is 37.6. The predicted octanol–water partition coefficient (Wildman–Crippen LogP) is 5.61. The Labute approximate surface area is 191 Å². The summed E-state index contributed by atoms with van der Waals surface area (Å²) in [5, 5.41) is 9.74. The van der Waals surface area contributed by atoms with Gasteiger partial charge in [-0.2, -0.15) is 0 Å². The topological polar surface area (TPSA) is 89.4 Å². The van der Waals surface area contributed by atoms with E-state index in [0.717, 1.165) is 44.2 Å². The molecule has 1 atom stereocenters. The fraction of sp³-hybridized carbons (Fsp3) is 0.458. The number of ketones is 1. The Balaban J connectivity index is 1.75. The molecule has 0 amide bonds. The van der Waals surface area contributed by atoms with E-state index in [9.17, 15) is 9.59 Å². The summed E-state index contributed by atoms with van der Waals surface area (Å²) in [5.74, 6) is -1.24. The van der Waals surface area contributed by atoms with Crippen molar-refractivity contribution >= 4 is 39.8 Å². The van der Waals surface area contributed by atoms with Gasteiger partial charge in [0.1, 0.15) is 5.65 Å². The van der Waals surface area contributed by atoms with Crippen molar-refractivity contribution in [2.45, 2.75) is 58.3 Å². The predicted molar refractivity (Wildman–Crippen MR) is 125 cm³/mol. The van der Waals surface area contributed by atoms with Crippen molar-refractivity contribution in [3.63, 3.8) is 0 Å². The van der Waals surface area contributed by atoms with Gasteiger partial charge in [0.15, 0.2) is 5.78 Å². The normalized spacial score (nSPS) is 12.0. The number of carbonyl (C=O) groups is 2. The van der Waals surface area contributed by atoms with Crippen LogP contribution >= 0.6 is 11.3 Å². The summed E-state index contributed by atoms with van der Waals surface area (Å²) >= 11 is 1.69. The summed E-state index contributed by atoms with van der Waals surface area (Å²) in [6, 6.07) is 1.73. The standard InChI is InChI=1S/C24H28N4O3S/c1-16(11-22(30)31)10-21(29)23-19-12-17(25-2)13-27-24(19)28(3)20(23)9-7-5-4-6-8-18-14-26-15-32-18/h12-16H,4-11H2,1,3H3,(H,30,31). The Morgan fingerprint density at radius 2 is 1.94 bits per heavy atom. The van der Waals surface area contributed by atoms with E-state index < -0.39 is 5.97 Å². The number of rotatable bonds is 12. The minimum Gasteiger partial charge on any atom is -0.481 e. The van der Waals surface area contributed by atoms with Crippen LogP contribution in [0, 0.1) is 12.5 Å². The Morgan fingerprint density at radius 1 is 1.19 bits per heavy atom. The lowest BCUT2D eigenvalue weighted by molar-refractivity contribution is -0.137. The molecule has 8 heteroatoms. The zero-order valence-electron chi connectivity index (χ0n) is 18.5. The second-order valence-corrected chi connectivity index (χ2v) is 9.24. The summed E-state index contributed by atoms with van der Waals surface area (Å²) in [5.41, 5.74) is 4.46. The van der Waals surface area contributed by atoms with Gasteiger partial charge in [-0.25, -0.2) is 9.83 Å². The lowest BCUT2D eigenvalue weighted by Gasteiger charge is -2.10. The minimum atomic E-state index is -0.904. The second kappa shape index (κ2) is 11.0. The number of fused-ring (bicyclic) bond motifs is 1. The van der Waals surface area contributed by atoms with Crippen LogP contribution in [0.4, 0.5) is 5.69 Å². The van der Waals surface area contributed by atoms with E-state index in [4.69, 9.17) is 11.7 Å². The molecule has 0 saturated heterocycles. The number of hydrogen-bond acceptors (Lipinski definition) is 5. The number of hydrogen-bond donors (Lipinski definition) is 1. The maximum Gasteiger partial charge on any atom is 0.303 e. The van der Waals surface area contributed by atoms with E-state index in [0.29, 0.717) is 22.3 Å². The smallest absolute Gasteiger partial charge is 0.303 e. The van der Waals surface area contributed by atoms with Gasteiger partial charge in [-0.1, -0.05) is 19.8 Å². The van der Waals surface area contributed by atoms with Gasteiger partial charge in [-0.15, -0.1) is 11.3 Å². The maximum absolute atomic E-state index is 13.2. The van der Waals surface area contributed by atoms with Crippen molar-refractivity contribution in [2.75, 3.05) is 0 Å². The average molecular weight is 453 g/mol. The van der Waals surface area contributed by atoms with Gasteiger partial charge in [-0.05, 0) is 37.7 Å². The van der Waals surface area contributed by atoms with E-state index >= 15 is 0 Å². The molecule has 0 aliphatic rings. The second-order valence-electron chi connectivity index (χ2n) is 8.27. The number of thiazole rings is 1. The van der Waals surface area contributed by atoms with Crippen LogP contribution in [0.2, 0.25) is 0 Å². The molecular weight excluding hydrogens is 424 g/mol. The highest BCUT2D eigenvalue weighted by atomic mass is 32.1. The molecule has 3 aromatic rings. The molecule has 0 saturated carbocycles. The van der Waals surface area contributed by atoms with Crippen molar-refractivity contribution in [3.8, 4) is 0 Å². The zero-order chi connectivity index (χ0) is 23.1. The van der Waals surface area contributed by atoms with Crippen LogP contribution in [0.1, 0.15) is 66.4 Å². The summed E-state index contributed by atoms with van der Waals surface area (Å²) in [7, 11) is 1.91. The first kappa shape index (κ1) is 23.6. The van der Waals surface area contributed by atoms with Crippen molar-refractivity contribution in [3.05, 3.63) is 51.5 Å². The molecule has 0 spiro atoms. The highest BCUT2D eigenvalue weighted by Gasteiger charge is 2.24. The molecule has 0 aliphatic heterocycles. The largest absolute Gasteiger partial charge is 0.481 e. The molecule has 0 bridgehead atoms. The minimum absolute atomic E-state index is 0.0445. The van der Waals surface area contributed by atoms with Crippen LogP contribution in [-0.2, 0) is 24.7 Å². The van der Waals surface area contributed by atoms with E-state index in [-0.39, 0.29) is 24.5 Å². The molecule has 0 aromatic carbocycles. The molecule has 0 fully saturated rings. The number of pyridine rings is 1. The lowest BCUT2D eigenvalue weighted by Crippen LogP contribution is -2.12. The first-order valence-corrected chi connectivity index (χ1v) is 11.8. The average Bonchev–Trinajstić information content (AvgIpc) is 3.36. The summed E-state index contributed by atoms with van der Waals surface area (Å²) in [6.07, 6.45) is 9.60. The number of carboxylic acids is 1. The Kier molecular flexibility index (Phi) is 8.12. The van der Waals surface area contributed by atoms with E-state index in [2.05, 4.69) is 14.8 Å². The zero-order valence-corrected chi connectivity index (χ0v) is 19.3. The van der Waals surface area contributed by atoms with Gasteiger partial charge in [0.05, 0.1) is 12.1 Å².